The number of halogens is 1. The Morgan fingerprint density at radius 2 is 2.15 bits per heavy atom. The number of nitrogens with zero attached hydrogens (tertiary/aromatic N) is 2. The predicted octanol–water partition coefficient (Wildman–Crippen LogP) is 2.77. The smallest absolute Gasteiger partial charge is 0.228 e. The second-order valence-electron chi connectivity index (χ2n) is 7.16. The van der Waals surface area contributed by atoms with Gasteiger partial charge in [0.15, 0.2) is 0 Å². The van der Waals surface area contributed by atoms with E-state index < -0.39 is 0 Å². The normalized spacial score (nSPS) is 26.0. The molecule has 1 aromatic rings. The van der Waals surface area contributed by atoms with Crippen LogP contribution in [0.15, 0.2) is 29.2 Å². The van der Waals surface area contributed by atoms with E-state index in [-0.39, 0.29) is 36.2 Å². The van der Waals surface area contributed by atoms with Gasteiger partial charge in [-0.25, -0.2) is 0 Å². The topological polar surface area (TPSA) is 66.6 Å². The summed E-state index contributed by atoms with van der Waals surface area (Å²) in [4.78, 5) is 30.3. The van der Waals surface area contributed by atoms with Gasteiger partial charge in [-0.15, -0.1) is 24.2 Å². The lowest BCUT2D eigenvalue weighted by Gasteiger charge is -2.39. The van der Waals surface area contributed by atoms with Crippen LogP contribution in [0.2, 0.25) is 0 Å². The third-order valence-electron chi connectivity index (χ3n) is 5.37. The Kier molecular flexibility index (Phi) is 7.38. The summed E-state index contributed by atoms with van der Waals surface area (Å²) in [5.74, 6) is 0.479. The van der Waals surface area contributed by atoms with Crippen LogP contribution >= 0.6 is 24.2 Å². The number of benzene rings is 1. The van der Waals surface area contributed by atoms with Gasteiger partial charge >= 0.3 is 0 Å². The van der Waals surface area contributed by atoms with Gasteiger partial charge in [0.1, 0.15) is 0 Å². The molecule has 2 amide bonds. The van der Waals surface area contributed by atoms with Gasteiger partial charge in [-0.2, -0.15) is 0 Å². The molecule has 26 heavy (non-hydrogen) atoms. The molecule has 3 rings (SSSR count). The highest BCUT2D eigenvalue weighted by Crippen LogP contribution is 2.31. The standard InChI is InChI=1S/C19H27N3O2S.ClH/c1-13-6-7-21(16(8-13)11-20)19(24)14-9-18(23)22(12-14)15-4-3-5-17(10-15)25-2;/h3-5,10,13-14,16H,6-9,11-12,20H2,1-2H3;1H. The van der Waals surface area contributed by atoms with E-state index in [1.807, 2.05) is 35.4 Å². The van der Waals surface area contributed by atoms with Crippen LogP contribution in [0.25, 0.3) is 0 Å². The van der Waals surface area contributed by atoms with Crippen molar-refractivity contribution in [1.82, 2.24) is 4.90 Å². The first kappa shape index (κ1) is 21.1. The number of hydrogen-bond acceptors (Lipinski definition) is 4. The van der Waals surface area contributed by atoms with Crippen LogP contribution in [-0.4, -0.2) is 48.6 Å². The molecule has 1 aromatic carbocycles. The van der Waals surface area contributed by atoms with Crippen molar-refractivity contribution in [3.63, 3.8) is 0 Å². The summed E-state index contributed by atoms with van der Waals surface area (Å²) >= 11 is 1.65. The molecule has 0 bridgehead atoms. The Morgan fingerprint density at radius 1 is 1.38 bits per heavy atom. The number of likely N-dealkylation sites (tertiary alicyclic amines) is 1. The number of amides is 2. The number of hydrogen-bond donors (Lipinski definition) is 1. The van der Waals surface area contributed by atoms with Gasteiger partial charge in [0.25, 0.3) is 0 Å². The van der Waals surface area contributed by atoms with Crippen LogP contribution in [0, 0.1) is 11.8 Å². The number of anilines is 1. The van der Waals surface area contributed by atoms with Gasteiger partial charge in [0.2, 0.25) is 11.8 Å². The molecule has 5 nitrogen and oxygen atoms in total. The molecule has 2 aliphatic rings. The lowest BCUT2D eigenvalue weighted by molar-refractivity contribution is -0.139. The minimum Gasteiger partial charge on any atom is -0.338 e. The fourth-order valence-corrected chi connectivity index (χ4v) is 4.35. The minimum atomic E-state index is -0.257. The predicted molar refractivity (Wildman–Crippen MR) is 109 cm³/mol. The van der Waals surface area contributed by atoms with Gasteiger partial charge in [-0.05, 0) is 43.2 Å². The molecule has 0 aromatic heterocycles. The van der Waals surface area contributed by atoms with Crippen LogP contribution in [0.5, 0.6) is 0 Å². The van der Waals surface area contributed by atoms with Crippen molar-refractivity contribution in [2.75, 3.05) is 30.8 Å². The minimum absolute atomic E-state index is 0. The monoisotopic (exact) mass is 397 g/mol. The third kappa shape index (κ3) is 4.35. The van der Waals surface area contributed by atoms with Gasteiger partial charge in [-0.1, -0.05) is 13.0 Å². The van der Waals surface area contributed by atoms with Crippen LogP contribution in [0.3, 0.4) is 0 Å². The Labute approximate surface area is 166 Å². The number of nitrogens with two attached hydrogens (primary N) is 1. The van der Waals surface area contributed by atoms with Gasteiger partial charge < -0.3 is 15.5 Å². The summed E-state index contributed by atoms with van der Waals surface area (Å²) < 4.78 is 0. The first-order chi connectivity index (χ1) is 12.0. The van der Waals surface area contributed by atoms with E-state index in [9.17, 15) is 9.59 Å². The number of carbonyl (C=O) groups is 2. The van der Waals surface area contributed by atoms with E-state index in [4.69, 9.17) is 5.73 Å². The lowest BCUT2D eigenvalue weighted by Crippen LogP contribution is -2.51. The number of carbonyl (C=O) groups excluding carboxylic acids is 2. The fourth-order valence-electron chi connectivity index (χ4n) is 3.90. The van der Waals surface area contributed by atoms with Gasteiger partial charge in [0.05, 0.1) is 5.92 Å². The average Bonchev–Trinajstić information content (AvgIpc) is 3.02. The number of piperidine rings is 1. The highest BCUT2D eigenvalue weighted by atomic mass is 35.5. The molecule has 2 fully saturated rings. The molecule has 0 radical (unpaired) electrons. The molecule has 0 aliphatic carbocycles. The van der Waals surface area contributed by atoms with Crippen molar-refractivity contribution in [3.05, 3.63) is 24.3 Å². The first-order valence-corrected chi connectivity index (χ1v) is 10.2. The molecular weight excluding hydrogens is 370 g/mol. The van der Waals surface area contributed by atoms with Crippen molar-refractivity contribution in [2.45, 2.75) is 37.1 Å². The zero-order chi connectivity index (χ0) is 18.0. The maximum atomic E-state index is 13.0. The van der Waals surface area contributed by atoms with E-state index >= 15 is 0 Å². The Bertz CT molecular complexity index is 657. The van der Waals surface area contributed by atoms with Gasteiger partial charge in [0, 0.05) is 42.7 Å². The molecule has 2 saturated heterocycles. The molecule has 3 atom stereocenters. The van der Waals surface area contributed by atoms with Crippen LogP contribution in [0.1, 0.15) is 26.2 Å². The Hall–Kier alpha value is -1.24. The maximum absolute atomic E-state index is 13.0. The van der Waals surface area contributed by atoms with Crippen molar-refractivity contribution in [1.29, 1.82) is 0 Å². The summed E-state index contributed by atoms with van der Waals surface area (Å²) in [6, 6.07) is 8.05. The summed E-state index contributed by atoms with van der Waals surface area (Å²) in [5, 5.41) is 0. The summed E-state index contributed by atoms with van der Waals surface area (Å²) in [6.45, 7) is 3.94. The van der Waals surface area contributed by atoms with Crippen molar-refractivity contribution in [2.24, 2.45) is 17.6 Å². The molecule has 2 aliphatic heterocycles. The van der Waals surface area contributed by atoms with E-state index in [2.05, 4.69) is 6.92 Å². The van der Waals surface area contributed by atoms with Crippen molar-refractivity contribution >= 4 is 41.7 Å². The quantitative estimate of drug-likeness (QED) is 0.793. The Morgan fingerprint density at radius 3 is 2.85 bits per heavy atom. The fraction of sp³-hybridized carbons (Fsp3) is 0.579. The third-order valence-corrected chi connectivity index (χ3v) is 6.10. The average molecular weight is 398 g/mol. The SMILES string of the molecule is CSc1cccc(N2CC(C(=O)N3CCC(C)CC3CN)CC2=O)c1.Cl. The zero-order valence-electron chi connectivity index (χ0n) is 15.4. The highest BCUT2D eigenvalue weighted by Gasteiger charge is 2.40. The van der Waals surface area contributed by atoms with E-state index in [1.165, 1.54) is 0 Å². The molecule has 3 unspecified atom stereocenters. The summed E-state index contributed by atoms with van der Waals surface area (Å²) in [7, 11) is 0. The van der Waals surface area contributed by atoms with E-state index in [0.29, 0.717) is 25.4 Å². The Balaban J connectivity index is 0.00000243. The number of rotatable bonds is 4. The number of thioether (sulfide) groups is 1. The highest BCUT2D eigenvalue weighted by molar-refractivity contribution is 7.98. The lowest BCUT2D eigenvalue weighted by atomic mass is 9.91. The first-order valence-electron chi connectivity index (χ1n) is 8.98. The molecule has 0 saturated carbocycles. The van der Waals surface area contributed by atoms with Crippen molar-refractivity contribution in [3.8, 4) is 0 Å². The largest absolute Gasteiger partial charge is 0.338 e. The molecule has 7 heteroatoms. The zero-order valence-corrected chi connectivity index (χ0v) is 17.0. The maximum Gasteiger partial charge on any atom is 0.228 e. The van der Waals surface area contributed by atoms with Crippen molar-refractivity contribution < 1.29 is 9.59 Å². The molecule has 0 spiro atoms. The summed E-state index contributed by atoms with van der Waals surface area (Å²) in [5.41, 5.74) is 6.78. The molecule has 2 heterocycles. The summed E-state index contributed by atoms with van der Waals surface area (Å²) in [6.07, 6.45) is 4.29. The van der Waals surface area contributed by atoms with Crippen LogP contribution in [0.4, 0.5) is 5.69 Å². The second kappa shape index (κ2) is 9.11. The van der Waals surface area contributed by atoms with Gasteiger partial charge in [-0.3, -0.25) is 9.59 Å². The second-order valence-corrected chi connectivity index (χ2v) is 8.04. The van der Waals surface area contributed by atoms with E-state index in [0.717, 1.165) is 30.0 Å². The molecular formula is C19H28ClN3O2S. The molecule has 2 N–H and O–H groups in total. The van der Waals surface area contributed by atoms with Crippen LogP contribution < -0.4 is 10.6 Å². The molecule has 144 valence electrons. The van der Waals surface area contributed by atoms with E-state index in [1.54, 1.807) is 16.7 Å². The van der Waals surface area contributed by atoms with Crippen LogP contribution in [-0.2, 0) is 9.59 Å².